The van der Waals surface area contributed by atoms with Crippen molar-refractivity contribution in [3.8, 4) is 0 Å². The number of rotatable bonds is 5. The Morgan fingerprint density at radius 3 is 2.74 bits per heavy atom. The molecule has 0 aromatic carbocycles. The fourth-order valence-electron chi connectivity index (χ4n) is 2.05. The first-order valence-electron chi connectivity index (χ1n) is 6.39. The number of pyridine rings is 1. The zero-order valence-corrected chi connectivity index (χ0v) is 12.0. The number of aryl methyl sites for hydroxylation is 2. The van der Waals surface area contributed by atoms with E-state index < -0.39 is 0 Å². The lowest BCUT2D eigenvalue weighted by Crippen LogP contribution is -2.26. The molecule has 1 atom stereocenters. The largest absolute Gasteiger partial charge is 0.368 e. The molecule has 0 spiro atoms. The van der Waals surface area contributed by atoms with Crippen LogP contribution in [0.5, 0.6) is 0 Å². The highest BCUT2D eigenvalue weighted by molar-refractivity contribution is 5.35. The minimum atomic E-state index is 0.274. The Kier molecular flexibility index (Phi) is 4.16. The molecule has 0 saturated carbocycles. The Morgan fingerprint density at radius 1 is 1.37 bits per heavy atom. The first-order chi connectivity index (χ1) is 9.06. The minimum Gasteiger partial charge on any atom is -0.368 e. The highest BCUT2D eigenvalue weighted by Crippen LogP contribution is 2.18. The van der Waals surface area contributed by atoms with Crippen molar-refractivity contribution in [2.45, 2.75) is 13.0 Å². The predicted octanol–water partition coefficient (Wildman–Crippen LogP) is 1.84. The van der Waals surface area contributed by atoms with Gasteiger partial charge in [-0.3, -0.25) is 4.68 Å². The maximum atomic E-state index is 4.45. The molecule has 0 bridgehead atoms. The van der Waals surface area contributed by atoms with Crippen molar-refractivity contribution in [2.75, 3.05) is 26.0 Å². The molecular formula is C14H21N5. The van der Waals surface area contributed by atoms with Crippen LogP contribution >= 0.6 is 0 Å². The molecule has 0 aliphatic carbocycles. The normalized spacial score (nSPS) is 12.7. The molecule has 19 heavy (non-hydrogen) atoms. The van der Waals surface area contributed by atoms with Crippen LogP contribution in [0.3, 0.4) is 0 Å². The van der Waals surface area contributed by atoms with Gasteiger partial charge in [0.2, 0.25) is 0 Å². The fraction of sp³-hybridized carbons (Fsp3) is 0.429. The van der Waals surface area contributed by atoms with Gasteiger partial charge in [0, 0.05) is 31.0 Å². The van der Waals surface area contributed by atoms with E-state index in [4.69, 9.17) is 0 Å². The molecule has 2 heterocycles. The Labute approximate surface area is 114 Å². The number of nitrogens with zero attached hydrogens (tertiary/aromatic N) is 4. The number of hydrogen-bond acceptors (Lipinski definition) is 4. The van der Waals surface area contributed by atoms with Crippen LogP contribution in [0.1, 0.15) is 17.3 Å². The Hall–Kier alpha value is -1.88. The maximum absolute atomic E-state index is 4.45. The monoisotopic (exact) mass is 259 g/mol. The highest BCUT2D eigenvalue weighted by atomic mass is 15.2. The quantitative estimate of drug-likeness (QED) is 0.890. The molecule has 1 N–H and O–H groups in total. The summed E-state index contributed by atoms with van der Waals surface area (Å²) in [6.07, 6.45) is 3.96. The second kappa shape index (κ2) is 5.84. The van der Waals surface area contributed by atoms with E-state index in [1.54, 1.807) is 0 Å². The van der Waals surface area contributed by atoms with Gasteiger partial charge in [-0.15, -0.1) is 0 Å². The van der Waals surface area contributed by atoms with Crippen LogP contribution in [0.2, 0.25) is 0 Å². The Bertz CT molecular complexity index is 532. The van der Waals surface area contributed by atoms with Crippen LogP contribution in [0.15, 0.2) is 30.6 Å². The maximum Gasteiger partial charge on any atom is 0.126 e. The van der Waals surface area contributed by atoms with E-state index >= 15 is 0 Å². The molecule has 2 aromatic rings. The first kappa shape index (κ1) is 13.5. The van der Waals surface area contributed by atoms with Crippen molar-refractivity contribution in [1.82, 2.24) is 19.7 Å². The summed E-state index contributed by atoms with van der Waals surface area (Å²) in [7, 11) is 6.08. The van der Waals surface area contributed by atoms with Crippen molar-refractivity contribution in [1.29, 1.82) is 0 Å². The minimum absolute atomic E-state index is 0.274. The van der Waals surface area contributed by atoms with Gasteiger partial charge in [0.1, 0.15) is 5.82 Å². The van der Waals surface area contributed by atoms with Gasteiger partial charge in [-0.05, 0) is 33.2 Å². The van der Waals surface area contributed by atoms with E-state index in [1.165, 1.54) is 5.56 Å². The number of aromatic nitrogens is 3. The third-order valence-electron chi connectivity index (χ3n) is 3.10. The van der Waals surface area contributed by atoms with Crippen LogP contribution in [0.25, 0.3) is 0 Å². The van der Waals surface area contributed by atoms with Gasteiger partial charge < -0.3 is 10.2 Å². The SMILES string of the molecule is Cc1cccc(NC[C@@H](c2cnn(C)c2)N(C)C)n1. The van der Waals surface area contributed by atoms with Crippen LogP contribution in [0, 0.1) is 6.92 Å². The molecule has 0 amide bonds. The second-order valence-electron chi connectivity index (χ2n) is 4.97. The van der Waals surface area contributed by atoms with Gasteiger partial charge >= 0.3 is 0 Å². The third-order valence-corrected chi connectivity index (χ3v) is 3.10. The van der Waals surface area contributed by atoms with Gasteiger partial charge in [-0.2, -0.15) is 5.10 Å². The van der Waals surface area contributed by atoms with Gasteiger partial charge in [-0.1, -0.05) is 6.07 Å². The molecule has 5 nitrogen and oxygen atoms in total. The predicted molar refractivity (Wildman–Crippen MR) is 77.1 cm³/mol. The first-order valence-corrected chi connectivity index (χ1v) is 6.39. The number of hydrogen-bond donors (Lipinski definition) is 1. The fourth-order valence-corrected chi connectivity index (χ4v) is 2.05. The number of nitrogens with one attached hydrogen (secondary N) is 1. The Balaban J connectivity index is 2.06. The van der Waals surface area contributed by atoms with Gasteiger partial charge in [0.05, 0.1) is 12.2 Å². The average molecular weight is 259 g/mol. The molecule has 0 aliphatic rings. The summed E-state index contributed by atoms with van der Waals surface area (Å²) in [6.45, 7) is 2.80. The molecule has 2 rings (SSSR count). The van der Waals surface area contributed by atoms with Crippen molar-refractivity contribution >= 4 is 5.82 Å². The lowest BCUT2D eigenvalue weighted by molar-refractivity contribution is 0.311. The van der Waals surface area contributed by atoms with Crippen LogP contribution in [0.4, 0.5) is 5.82 Å². The van der Waals surface area contributed by atoms with E-state index in [-0.39, 0.29) is 6.04 Å². The van der Waals surface area contributed by atoms with Gasteiger partial charge in [-0.25, -0.2) is 4.98 Å². The molecule has 5 heteroatoms. The summed E-state index contributed by atoms with van der Waals surface area (Å²) in [4.78, 5) is 6.63. The summed E-state index contributed by atoms with van der Waals surface area (Å²) < 4.78 is 1.83. The van der Waals surface area contributed by atoms with E-state index in [0.717, 1.165) is 18.1 Å². The summed E-state index contributed by atoms with van der Waals surface area (Å²) in [6, 6.07) is 6.27. The number of anilines is 1. The van der Waals surface area contributed by atoms with E-state index in [1.807, 2.05) is 43.0 Å². The third kappa shape index (κ3) is 3.54. The van der Waals surface area contributed by atoms with Gasteiger partial charge in [0.25, 0.3) is 0 Å². The smallest absolute Gasteiger partial charge is 0.126 e. The lowest BCUT2D eigenvalue weighted by Gasteiger charge is -2.23. The molecule has 2 aromatic heterocycles. The van der Waals surface area contributed by atoms with Crippen LogP contribution in [-0.4, -0.2) is 40.3 Å². The number of likely N-dealkylation sites (N-methyl/N-ethyl adjacent to an activating group) is 1. The average Bonchev–Trinajstić information content (AvgIpc) is 2.76. The Morgan fingerprint density at radius 2 is 2.16 bits per heavy atom. The summed E-state index contributed by atoms with van der Waals surface area (Å²) in [5.74, 6) is 0.913. The standard InChI is InChI=1S/C14H21N5/c1-11-6-5-7-14(17-11)15-9-13(18(2)3)12-8-16-19(4)10-12/h5-8,10,13H,9H2,1-4H3,(H,15,17)/t13-/m0/s1. The molecule has 0 unspecified atom stereocenters. The highest BCUT2D eigenvalue weighted by Gasteiger charge is 2.15. The van der Waals surface area contributed by atoms with E-state index in [9.17, 15) is 0 Å². The molecule has 0 aliphatic heterocycles. The molecular weight excluding hydrogens is 238 g/mol. The zero-order valence-electron chi connectivity index (χ0n) is 12.0. The second-order valence-corrected chi connectivity index (χ2v) is 4.97. The van der Waals surface area contributed by atoms with E-state index in [2.05, 4.69) is 40.6 Å². The van der Waals surface area contributed by atoms with Crippen molar-refractivity contribution < 1.29 is 0 Å². The van der Waals surface area contributed by atoms with Crippen LogP contribution < -0.4 is 5.32 Å². The lowest BCUT2D eigenvalue weighted by atomic mass is 10.1. The van der Waals surface area contributed by atoms with Crippen molar-refractivity contribution in [2.24, 2.45) is 7.05 Å². The summed E-state index contributed by atoms with van der Waals surface area (Å²) >= 11 is 0. The topological polar surface area (TPSA) is 46.0 Å². The van der Waals surface area contributed by atoms with E-state index in [0.29, 0.717) is 0 Å². The zero-order chi connectivity index (χ0) is 13.8. The van der Waals surface area contributed by atoms with Crippen molar-refractivity contribution in [3.63, 3.8) is 0 Å². The molecule has 0 fully saturated rings. The van der Waals surface area contributed by atoms with Gasteiger partial charge in [0.15, 0.2) is 0 Å². The summed E-state index contributed by atoms with van der Waals surface area (Å²) in [5, 5.41) is 7.62. The molecule has 0 saturated heterocycles. The summed E-state index contributed by atoms with van der Waals surface area (Å²) in [5.41, 5.74) is 2.22. The molecule has 102 valence electrons. The van der Waals surface area contributed by atoms with Crippen molar-refractivity contribution in [3.05, 3.63) is 41.9 Å². The van der Waals surface area contributed by atoms with Crippen LogP contribution in [-0.2, 0) is 7.05 Å². The molecule has 0 radical (unpaired) electrons.